The number of carbonyl (C=O) groups excluding carboxylic acids is 2. The smallest absolute Gasteiger partial charge is 0.251 e. The number of Topliss-reactive ketones (excluding diaryl/α,β-unsaturated/α-hetero) is 1. The number of fused-ring (bicyclic) bond motifs is 2. The van der Waals surface area contributed by atoms with Gasteiger partial charge in [-0.2, -0.15) is 0 Å². The summed E-state index contributed by atoms with van der Waals surface area (Å²) < 4.78 is 27.6. The van der Waals surface area contributed by atoms with Gasteiger partial charge in [0.15, 0.2) is 5.78 Å². The minimum Gasteiger partial charge on any atom is -0.328 e. The third-order valence-electron chi connectivity index (χ3n) is 4.42. The van der Waals surface area contributed by atoms with Gasteiger partial charge < -0.3 is 4.57 Å². The molecule has 0 N–H and O–H groups in total. The van der Waals surface area contributed by atoms with Gasteiger partial charge in [0.2, 0.25) is 9.84 Å². The van der Waals surface area contributed by atoms with E-state index >= 15 is 0 Å². The molecule has 0 saturated carbocycles. The SMILES string of the molecule is CC(=O)c1ccc2c(c1)N(C(=O)Cn1ccnc1)c1ccccc1S2(=O)=O. The first-order valence-electron chi connectivity index (χ1n) is 8.17. The van der Waals surface area contributed by atoms with E-state index in [0.29, 0.717) is 5.56 Å². The molecule has 1 aliphatic rings. The third-order valence-corrected chi connectivity index (χ3v) is 6.27. The van der Waals surface area contributed by atoms with Crippen LogP contribution in [0.15, 0.2) is 71.0 Å². The fraction of sp³-hybridized carbons (Fsp3) is 0.105. The molecule has 8 heteroatoms. The largest absolute Gasteiger partial charge is 0.328 e. The van der Waals surface area contributed by atoms with E-state index in [0.717, 1.165) is 0 Å². The van der Waals surface area contributed by atoms with Gasteiger partial charge >= 0.3 is 0 Å². The van der Waals surface area contributed by atoms with E-state index in [1.807, 2.05) is 0 Å². The zero-order chi connectivity index (χ0) is 19.2. The highest BCUT2D eigenvalue weighted by Crippen LogP contribution is 2.44. The molecule has 0 spiro atoms. The number of para-hydroxylation sites is 1. The summed E-state index contributed by atoms with van der Waals surface area (Å²) in [5.41, 5.74) is 0.797. The summed E-state index contributed by atoms with van der Waals surface area (Å²) >= 11 is 0. The normalized spacial score (nSPS) is 14.3. The topological polar surface area (TPSA) is 89.3 Å². The lowest BCUT2D eigenvalue weighted by molar-refractivity contribution is -0.118. The Hall–Kier alpha value is -3.26. The van der Waals surface area contributed by atoms with Crippen LogP contribution in [0, 0.1) is 0 Å². The van der Waals surface area contributed by atoms with Gasteiger partial charge in [0.25, 0.3) is 5.91 Å². The number of benzene rings is 2. The van der Waals surface area contributed by atoms with Crippen molar-refractivity contribution in [2.24, 2.45) is 0 Å². The molecule has 7 nitrogen and oxygen atoms in total. The summed E-state index contributed by atoms with van der Waals surface area (Å²) in [5.74, 6) is -0.548. The van der Waals surface area contributed by atoms with Crippen LogP contribution in [0.3, 0.4) is 0 Å². The molecule has 2 aromatic carbocycles. The Morgan fingerprint density at radius 1 is 1.04 bits per heavy atom. The second-order valence-corrected chi connectivity index (χ2v) is 8.06. The van der Waals surface area contributed by atoms with Gasteiger partial charge in [0.1, 0.15) is 6.54 Å². The molecular weight excluding hydrogens is 366 g/mol. The molecule has 1 amide bonds. The minimum atomic E-state index is -3.80. The number of anilines is 2. The Labute approximate surface area is 155 Å². The van der Waals surface area contributed by atoms with Gasteiger partial charge in [-0.3, -0.25) is 14.5 Å². The second-order valence-electron chi connectivity index (χ2n) is 6.17. The van der Waals surface area contributed by atoms with Crippen molar-refractivity contribution < 1.29 is 18.0 Å². The number of sulfone groups is 1. The lowest BCUT2D eigenvalue weighted by Crippen LogP contribution is -2.34. The van der Waals surface area contributed by atoms with Crippen molar-refractivity contribution in [3.05, 3.63) is 66.7 Å². The third kappa shape index (κ3) is 2.74. The molecule has 0 bridgehead atoms. The van der Waals surface area contributed by atoms with E-state index in [2.05, 4.69) is 4.98 Å². The van der Waals surface area contributed by atoms with E-state index in [4.69, 9.17) is 0 Å². The van der Waals surface area contributed by atoms with Gasteiger partial charge in [0, 0.05) is 18.0 Å². The molecule has 0 saturated heterocycles. The molecule has 0 aliphatic carbocycles. The average molecular weight is 381 g/mol. The van der Waals surface area contributed by atoms with Crippen LogP contribution < -0.4 is 4.90 Å². The number of hydrogen-bond donors (Lipinski definition) is 0. The van der Waals surface area contributed by atoms with Crippen LogP contribution in [0.2, 0.25) is 0 Å². The minimum absolute atomic E-state index is 0.00480. The van der Waals surface area contributed by atoms with Gasteiger partial charge in [-0.25, -0.2) is 13.4 Å². The van der Waals surface area contributed by atoms with Gasteiger partial charge in [-0.1, -0.05) is 12.1 Å². The average Bonchev–Trinajstić information content (AvgIpc) is 3.14. The van der Waals surface area contributed by atoms with Crippen molar-refractivity contribution in [2.75, 3.05) is 4.90 Å². The molecule has 4 rings (SSSR count). The van der Waals surface area contributed by atoms with Gasteiger partial charge in [0.05, 0.1) is 27.5 Å². The number of ketones is 1. The van der Waals surface area contributed by atoms with Crippen molar-refractivity contribution >= 4 is 32.9 Å². The van der Waals surface area contributed by atoms with E-state index in [9.17, 15) is 18.0 Å². The Bertz CT molecular complexity index is 1170. The van der Waals surface area contributed by atoms with Gasteiger partial charge in [-0.05, 0) is 37.3 Å². The summed E-state index contributed by atoms with van der Waals surface area (Å²) in [6, 6.07) is 10.7. The summed E-state index contributed by atoms with van der Waals surface area (Å²) in [6.45, 7) is 1.38. The predicted molar refractivity (Wildman–Crippen MR) is 97.7 cm³/mol. The number of amides is 1. The number of carbonyl (C=O) groups is 2. The highest BCUT2D eigenvalue weighted by atomic mass is 32.2. The van der Waals surface area contributed by atoms with Crippen LogP contribution in [0.25, 0.3) is 0 Å². The van der Waals surface area contributed by atoms with Crippen molar-refractivity contribution in [1.29, 1.82) is 0 Å². The molecule has 1 aromatic heterocycles. The maximum Gasteiger partial charge on any atom is 0.251 e. The van der Waals surface area contributed by atoms with Crippen LogP contribution in [0.4, 0.5) is 11.4 Å². The van der Waals surface area contributed by atoms with Crippen LogP contribution >= 0.6 is 0 Å². The maximum atomic E-state index is 13.1. The molecule has 0 fully saturated rings. The van der Waals surface area contributed by atoms with Gasteiger partial charge in [-0.15, -0.1) is 0 Å². The fourth-order valence-electron chi connectivity index (χ4n) is 3.13. The van der Waals surface area contributed by atoms with Crippen LogP contribution in [-0.4, -0.2) is 29.7 Å². The Balaban J connectivity index is 1.94. The molecule has 3 aromatic rings. The number of nitrogens with zero attached hydrogens (tertiary/aromatic N) is 3. The van der Waals surface area contributed by atoms with Crippen molar-refractivity contribution in [2.45, 2.75) is 23.3 Å². The molecule has 1 aliphatic heterocycles. The van der Waals surface area contributed by atoms with Crippen molar-refractivity contribution in [1.82, 2.24) is 9.55 Å². The summed E-state index contributed by atoms with van der Waals surface area (Å²) in [7, 11) is -3.80. The zero-order valence-corrected chi connectivity index (χ0v) is 15.2. The molecule has 2 heterocycles. The quantitative estimate of drug-likeness (QED) is 0.651. The van der Waals surface area contributed by atoms with Crippen LogP contribution in [0.5, 0.6) is 0 Å². The Morgan fingerprint density at radius 2 is 1.78 bits per heavy atom. The molecule has 0 unspecified atom stereocenters. The molecular formula is C19H15N3O4S. The number of aromatic nitrogens is 2. The standard InChI is InChI=1S/C19H15N3O4S/c1-13(23)14-6-7-18-16(10-14)22(19(24)11-21-9-8-20-12-21)15-4-2-3-5-17(15)27(18,25)26/h2-10,12H,11H2,1H3. The monoisotopic (exact) mass is 381 g/mol. The number of hydrogen-bond acceptors (Lipinski definition) is 5. The van der Waals surface area contributed by atoms with Crippen LogP contribution in [-0.2, 0) is 21.2 Å². The van der Waals surface area contributed by atoms with E-state index in [1.54, 1.807) is 35.2 Å². The lowest BCUT2D eigenvalue weighted by Gasteiger charge is -2.31. The first-order chi connectivity index (χ1) is 12.9. The first kappa shape index (κ1) is 17.2. The highest BCUT2D eigenvalue weighted by Gasteiger charge is 2.37. The first-order valence-corrected chi connectivity index (χ1v) is 9.66. The summed E-state index contributed by atoms with van der Waals surface area (Å²) in [4.78, 5) is 30.2. The second kappa shape index (κ2) is 6.17. The Kier molecular flexibility index (Phi) is 3.92. The molecule has 0 radical (unpaired) electrons. The Morgan fingerprint density at radius 3 is 2.48 bits per heavy atom. The van der Waals surface area contributed by atoms with Crippen molar-refractivity contribution in [3.63, 3.8) is 0 Å². The molecule has 0 atom stereocenters. The highest BCUT2D eigenvalue weighted by molar-refractivity contribution is 7.92. The summed E-state index contributed by atoms with van der Waals surface area (Å²) in [5, 5.41) is 0. The predicted octanol–water partition coefficient (Wildman–Crippen LogP) is 2.60. The summed E-state index contributed by atoms with van der Waals surface area (Å²) in [6.07, 6.45) is 4.72. The number of rotatable bonds is 3. The zero-order valence-electron chi connectivity index (χ0n) is 14.4. The molecule has 136 valence electrons. The van der Waals surface area contributed by atoms with Crippen molar-refractivity contribution in [3.8, 4) is 0 Å². The van der Waals surface area contributed by atoms with E-state index in [-0.39, 0.29) is 39.4 Å². The van der Waals surface area contributed by atoms with Crippen LogP contribution in [0.1, 0.15) is 17.3 Å². The maximum absolute atomic E-state index is 13.1. The van der Waals surface area contributed by atoms with E-state index < -0.39 is 9.84 Å². The van der Waals surface area contributed by atoms with E-state index in [1.165, 1.54) is 42.4 Å². The lowest BCUT2D eigenvalue weighted by atomic mass is 10.1. The number of imidazole rings is 1. The molecule has 27 heavy (non-hydrogen) atoms. The fourth-order valence-corrected chi connectivity index (χ4v) is 4.73.